The van der Waals surface area contributed by atoms with Crippen molar-refractivity contribution in [3.05, 3.63) is 21.4 Å². The Balaban J connectivity index is 1.78. The predicted molar refractivity (Wildman–Crippen MR) is 69.9 cm³/mol. The van der Waals surface area contributed by atoms with E-state index in [-0.39, 0.29) is 18.4 Å². The smallest absolute Gasteiger partial charge is 0.264 e. The SMILES string of the molecule is O=C1CN(C(=O)c2cc3c(s2)CCC3)CCCN1. The van der Waals surface area contributed by atoms with Crippen molar-refractivity contribution in [2.75, 3.05) is 19.6 Å². The number of fused-ring (bicyclic) bond motifs is 1. The summed E-state index contributed by atoms with van der Waals surface area (Å²) in [5.74, 6) is -0.0311. The summed E-state index contributed by atoms with van der Waals surface area (Å²) >= 11 is 1.61. The van der Waals surface area contributed by atoms with Gasteiger partial charge in [-0.15, -0.1) is 11.3 Å². The zero-order valence-corrected chi connectivity index (χ0v) is 11.0. The maximum atomic E-state index is 12.4. The molecule has 2 heterocycles. The molecule has 0 bridgehead atoms. The van der Waals surface area contributed by atoms with Gasteiger partial charge in [0.1, 0.15) is 0 Å². The molecule has 1 aliphatic carbocycles. The molecule has 0 aromatic carbocycles. The molecule has 2 amide bonds. The summed E-state index contributed by atoms with van der Waals surface area (Å²) in [6.07, 6.45) is 4.25. The number of hydrogen-bond acceptors (Lipinski definition) is 3. The van der Waals surface area contributed by atoms with Gasteiger partial charge >= 0.3 is 0 Å². The predicted octanol–water partition coefficient (Wildman–Crippen LogP) is 1.20. The van der Waals surface area contributed by atoms with E-state index in [0.717, 1.165) is 24.1 Å². The Labute approximate surface area is 110 Å². The molecule has 1 aliphatic heterocycles. The van der Waals surface area contributed by atoms with E-state index in [1.807, 2.05) is 6.07 Å². The van der Waals surface area contributed by atoms with Crippen molar-refractivity contribution in [3.63, 3.8) is 0 Å². The van der Waals surface area contributed by atoms with Crippen LogP contribution in [0.25, 0.3) is 0 Å². The van der Waals surface area contributed by atoms with Crippen molar-refractivity contribution in [2.24, 2.45) is 0 Å². The van der Waals surface area contributed by atoms with Gasteiger partial charge in [-0.05, 0) is 37.3 Å². The average Bonchev–Trinajstić information content (AvgIpc) is 2.86. The Bertz CT molecular complexity index is 474. The fraction of sp³-hybridized carbons (Fsp3) is 0.538. The lowest BCUT2D eigenvalue weighted by Crippen LogP contribution is -2.37. The van der Waals surface area contributed by atoms with Crippen molar-refractivity contribution in [2.45, 2.75) is 25.7 Å². The molecule has 1 aromatic rings. The minimum Gasteiger partial charge on any atom is -0.354 e. The van der Waals surface area contributed by atoms with Crippen LogP contribution in [0.4, 0.5) is 0 Å². The van der Waals surface area contributed by atoms with Crippen LogP contribution in [0.2, 0.25) is 0 Å². The van der Waals surface area contributed by atoms with E-state index < -0.39 is 0 Å². The summed E-state index contributed by atoms with van der Waals surface area (Å²) in [4.78, 5) is 27.7. The lowest BCUT2D eigenvalue weighted by Gasteiger charge is -2.17. The second-order valence-corrected chi connectivity index (χ2v) is 5.98. The third-order valence-corrected chi connectivity index (χ3v) is 4.73. The molecule has 0 spiro atoms. The topological polar surface area (TPSA) is 49.4 Å². The molecule has 1 N–H and O–H groups in total. The molecule has 0 unspecified atom stereocenters. The Hall–Kier alpha value is -1.36. The number of rotatable bonds is 1. The summed E-state index contributed by atoms with van der Waals surface area (Å²) in [7, 11) is 0. The average molecular weight is 264 g/mol. The Kier molecular flexibility index (Phi) is 3.07. The summed E-state index contributed by atoms with van der Waals surface area (Å²) in [6, 6.07) is 2.03. The van der Waals surface area contributed by atoms with Gasteiger partial charge in [-0.2, -0.15) is 0 Å². The number of carbonyl (C=O) groups excluding carboxylic acids is 2. The van der Waals surface area contributed by atoms with Crippen LogP contribution in [0, 0.1) is 0 Å². The number of hydrogen-bond donors (Lipinski definition) is 1. The van der Waals surface area contributed by atoms with Crippen LogP contribution in [-0.2, 0) is 17.6 Å². The van der Waals surface area contributed by atoms with Crippen molar-refractivity contribution < 1.29 is 9.59 Å². The van der Waals surface area contributed by atoms with Gasteiger partial charge in [0.05, 0.1) is 11.4 Å². The molecule has 18 heavy (non-hydrogen) atoms. The fourth-order valence-electron chi connectivity index (χ4n) is 2.57. The van der Waals surface area contributed by atoms with Crippen molar-refractivity contribution >= 4 is 23.2 Å². The van der Waals surface area contributed by atoms with Gasteiger partial charge in [0.25, 0.3) is 5.91 Å². The highest BCUT2D eigenvalue weighted by Gasteiger charge is 2.24. The molecule has 0 saturated carbocycles. The second-order valence-electron chi connectivity index (χ2n) is 4.84. The molecule has 0 radical (unpaired) electrons. The Morgan fingerprint density at radius 1 is 1.33 bits per heavy atom. The molecule has 0 atom stereocenters. The third-order valence-electron chi connectivity index (χ3n) is 3.51. The zero-order chi connectivity index (χ0) is 12.5. The molecule has 5 heteroatoms. The van der Waals surface area contributed by atoms with E-state index in [4.69, 9.17) is 0 Å². The van der Waals surface area contributed by atoms with Crippen LogP contribution in [0.3, 0.4) is 0 Å². The monoisotopic (exact) mass is 264 g/mol. The first-order valence-corrected chi connectivity index (χ1v) is 7.23. The lowest BCUT2D eigenvalue weighted by molar-refractivity contribution is -0.121. The quantitative estimate of drug-likeness (QED) is 0.828. The van der Waals surface area contributed by atoms with Crippen LogP contribution in [0.1, 0.15) is 33.0 Å². The number of carbonyl (C=O) groups is 2. The zero-order valence-electron chi connectivity index (χ0n) is 10.2. The molecule has 4 nitrogen and oxygen atoms in total. The normalized spacial score (nSPS) is 19.3. The number of thiophene rings is 1. The van der Waals surface area contributed by atoms with E-state index in [1.54, 1.807) is 16.2 Å². The van der Waals surface area contributed by atoms with Gasteiger partial charge in [0, 0.05) is 18.0 Å². The second kappa shape index (κ2) is 4.72. The van der Waals surface area contributed by atoms with Gasteiger partial charge in [-0.25, -0.2) is 0 Å². The lowest BCUT2D eigenvalue weighted by atomic mass is 10.2. The van der Waals surface area contributed by atoms with Crippen LogP contribution in [0.15, 0.2) is 6.07 Å². The van der Waals surface area contributed by atoms with Gasteiger partial charge in [0.15, 0.2) is 0 Å². The molecular formula is C13H16N2O2S. The number of nitrogens with zero attached hydrogens (tertiary/aromatic N) is 1. The highest BCUT2D eigenvalue weighted by molar-refractivity contribution is 7.14. The van der Waals surface area contributed by atoms with Crippen molar-refractivity contribution in [1.29, 1.82) is 0 Å². The van der Waals surface area contributed by atoms with Crippen LogP contribution in [-0.4, -0.2) is 36.3 Å². The highest BCUT2D eigenvalue weighted by Crippen LogP contribution is 2.31. The first-order chi connectivity index (χ1) is 8.74. The van der Waals surface area contributed by atoms with E-state index in [0.29, 0.717) is 13.1 Å². The number of nitrogens with one attached hydrogen (secondary N) is 1. The number of amides is 2. The fourth-order valence-corrected chi connectivity index (χ4v) is 3.79. The van der Waals surface area contributed by atoms with Gasteiger partial charge in [0.2, 0.25) is 5.91 Å². The van der Waals surface area contributed by atoms with Crippen molar-refractivity contribution in [3.8, 4) is 0 Å². The molecular weight excluding hydrogens is 248 g/mol. The van der Waals surface area contributed by atoms with E-state index >= 15 is 0 Å². The van der Waals surface area contributed by atoms with E-state index in [1.165, 1.54) is 16.9 Å². The van der Waals surface area contributed by atoms with Gasteiger partial charge in [-0.3, -0.25) is 9.59 Å². The first kappa shape index (κ1) is 11.7. The first-order valence-electron chi connectivity index (χ1n) is 6.41. The van der Waals surface area contributed by atoms with E-state index in [2.05, 4.69) is 5.32 Å². The Morgan fingerprint density at radius 3 is 3.06 bits per heavy atom. The molecule has 1 fully saturated rings. The summed E-state index contributed by atoms with van der Waals surface area (Å²) in [6.45, 7) is 1.53. The molecule has 3 rings (SSSR count). The molecule has 2 aliphatic rings. The minimum atomic E-state index is -0.0510. The third kappa shape index (κ3) is 2.14. The maximum absolute atomic E-state index is 12.4. The van der Waals surface area contributed by atoms with E-state index in [9.17, 15) is 9.59 Å². The van der Waals surface area contributed by atoms with Crippen molar-refractivity contribution in [1.82, 2.24) is 10.2 Å². The highest BCUT2D eigenvalue weighted by atomic mass is 32.1. The molecule has 1 aromatic heterocycles. The molecule has 96 valence electrons. The van der Waals surface area contributed by atoms with Crippen LogP contribution in [0.5, 0.6) is 0 Å². The summed E-state index contributed by atoms with van der Waals surface area (Å²) < 4.78 is 0. The maximum Gasteiger partial charge on any atom is 0.264 e. The van der Waals surface area contributed by atoms with Crippen LogP contribution >= 0.6 is 11.3 Å². The van der Waals surface area contributed by atoms with Gasteiger partial charge < -0.3 is 10.2 Å². The summed E-state index contributed by atoms with van der Waals surface area (Å²) in [5, 5.41) is 2.79. The largest absolute Gasteiger partial charge is 0.354 e. The minimum absolute atomic E-state index is 0.0199. The van der Waals surface area contributed by atoms with Gasteiger partial charge in [-0.1, -0.05) is 0 Å². The number of aryl methyl sites for hydroxylation is 2. The summed E-state index contributed by atoms with van der Waals surface area (Å²) in [5.41, 5.74) is 1.34. The molecule has 1 saturated heterocycles. The van der Waals surface area contributed by atoms with Crippen LogP contribution < -0.4 is 5.32 Å². The Morgan fingerprint density at radius 2 is 2.22 bits per heavy atom. The standard InChI is InChI=1S/C13H16N2O2S/c16-12-8-15(6-2-5-14-12)13(17)11-7-9-3-1-4-10(9)18-11/h7H,1-6,8H2,(H,14,16).